The molecule has 202 valence electrons. The minimum Gasteiger partial charge on any atom is -0.497 e. The molecule has 3 aromatic rings. The van der Waals surface area contributed by atoms with Crippen molar-refractivity contribution in [2.24, 2.45) is 4.99 Å². The Kier molecular flexibility index (Phi) is 6.98. The fraction of sp³-hybridized carbons (Fsp3) is 0.286. The summed E-state index contributed by atoms with van der Waals surface area (Å²) in [6, 6.07) is 9.75. The maximum atomic E-state index is 14.2. The molecule has 3 heterocycles. The summed E-state index contributed by atoms with van der Waals surface area (Å²) in [4.78, 5) is 47.6. The van der Waals surface area contributed by atoms with Gasteiger partial charge < -0.3 is 19.1 Å². The van der Waals surface area contributed by atoms with Gasteiger partial charge in [-0.25, -0.2) is 9.79 Å². The van der Waals surface area contributed by atoms with Gasteiger partial charge in [0, 0.05) is 22.6 Å². The Morgan fingerprint density at radius 1 is 1.10 bits per heavy atom. The van der Waals surface area contributed by atoms with Gasteiger partial charge in [0.25, 0.3) is 11.5 Å². The van der Waals surface area contributed by atoms with Gasteiger partial charge in [-0.15, -0.1) is 0 Å². The number of nitrogens with zero attached hydrogens (tertiary/aromatic N) is 3. The number of allylic oxidation sites excluding steroid dienone is 1. The lowest BCUT2D eigenvalue weighted by Gasteiger charge is -2.26. The summed E-state index contributed by atoms with van der Waals surface area (Å²) >= 11 is 4.59. The van der Waals surface area contributed by atoms with Crippen molar-refractivity contribution in [2.75, 3.05) is 26.2 Å². The molecule has 1 aromatic heterocycles. The Balaban J connectivity index is 1.87. The van der Waals surface area contributed by atoms with Crippen molar-refractivity contribution >= 4 is 50.4 Å². The van der Waals surface area contributed by atoms with Crippen LogP contribution in [0.1, 0.15) is 37.9 Å². The molecule has 1 amide bonds. The molecule has 39 heavy (non-hydrogen) atoms. The molecule has 2 aliphatic rings. The number of carbonyl (C=O) groups excluding carboxylic acids is 2. The van der Waals surface area contributed by atoms with Crippen LogP contribution >= 0.6 is 27.3 Å². The zero-order valence-corrected chi connectivity index (χ0v) is 24.6. The molecule has 0 radical (unpaired) electrons. The smallest absolute Gasteiger partial charge is 0.338 e. The molecule has 0 bridgehead atoms. The van der Waals surface area contributed by atoms with E-state index in [0.717, 1.165) is 15.8 Å². The van der Waals surface area contributed by atoms with E-state index in [1.165, 1.54) is 23.7 Å². The molecule has 2 aromatic carbocycles. The number of esters is 1. The van der Waals surface area contributed by atoms with Gasteiger partial charge in [0.1, 0.15) is 22.1 Å². The third-order valence-corrected chi connectivity index (χ3v) is 8.17. The largest absolute Gasteiger partial charge is 0.497 e. The van der Waals surface area contributed by atoms with E-state index >= 15 is 0 Å². The number of likely N-dealkylation sites (N-methyl/N-ethyl adjacent to an activating group) is 1. The number of methoxy groups -OCH3 is 2. The third kappa shape index (κ3) is 4.39. The summed E-state index contributed by atoms with van der Waals surface area (Å²) in [5.74, 6) is 0.0898. The number of fused-ring (bicyclic) bond motifs is 2. The second-order valence-corrected chi connectivity index (χ2v) is 11.3. The number of amides is 1. The van der Waals surface area contributed by atoms with Crippen molar-refractivity contribution in [3.63, 3.8) is 0 Å². The fourth-order valence-electron chi connectivity index (χ4n) is 4.87. The number of thiazole rings is 1. The van der Waals surface area contributed by atoms with E-state index in [-0.39, 0.29) is 22.1 Å². The van der Waals surface area contributed by atoms with E-state index < -0.39 is 17.6 Å². The van der Waals surface area contributed by atoms with Crippen molar-refractivity contribution in [2.45, 2.75) is 32.9 Å². The van der Waals surface area contributed by atoms with Crippen molar-refractivity contribution in [1.29, 1.82) is 0 Å². The van der Waals surface area contributed by atoms with Gasteiger partial charge in [0.2, 0.25) is 0 Å². The molecule has 11 heteroatoms. The summed E-state index contributed by atoms with van der Waals surface area (Å²) in [6.07, 6.45) is -0.390. The predicted octanol–water partition coefficient (Wildman–Crippen LogP) is 3.31. The first kappa shape index (κ1) is 26.9. The molecule has 0 spiro atoms. The molecule has 5 rings (SSSR count). The van der Waals surface area contributed by atoms with Crippen LogP contribution in [0.4, 0.5) is 5.69 Å². The van der Waals surface area contributed by atoms with E-state index in [0.29, 0.717) is 44.4 Å². The van der Waals surface area contributed by atoms with E-state index in [1.54, 1.807) is 46.0 Å². The van der Waals surface area contributed by atoms with Crippen LogP contribution in [0.2, 0.25) is 0 Å². The summed E-state index contributed by atoms with van der Waals surface area (Å²) in [6.45, 7) is 5.21. The summed E-state index contributed by atoms with van der Waals surface area (Å²) in [5.41, 5.74) is 2.34. The lowest BCUT2D eigenvalue weighted by molar-refractivity contribution is -0.143. The zero-order valence-electron chi connectivity index (χ0n) is 22.2. The van der Waals surface area contributed by atoms with Gasteiger partial charge in [0.15, 0.2) is 4.80 Å². The highest BCUT2D eigenvalue weighted by Crippen LogP contribution is 2.39. The molecular formula is C28H26BrN3O6S. The third-order valence-electron chi connectivity index (χ3n) is 6.63. The summed E-state index contributed by atoms with van der Waals surface area (Å²) < 4.78 is 19.2. The number of carbonyl (C=O) groups is 2. The van der Waals surface area contributed by atoms with Crippen molar-refractivity contribution in [3.8, 4) is 11.5 Å². The Labute approximate surface area is 236 Å². The van der Waals surface area contributed by atoms with E-state index in [1.807, 2.05) is 18.2 Å². The molecule has 0 unspecified atom stereocenters. The molecule has 0 aliphatic carbocycles. The lowest BCUT2D eigenvalue weighted by Crippen LogP contribution is -2.41. The molecular weight excluding hydrogens is 586 g/mol. The van der Waals surface area contributed by atoms with Crippen LogP contribution < -0.4 is 29.3 Å². The summed E-state index contributed by atoms with van der Waals surface area (Å²) in [5, 5.41) is 0. The normalized spacial score (nSPS) is 17.7. The average Bonchev–Trinajstić information content (AvgIpc) is 3.33. The summed E-state index contributed by atoms with van der Waals surface area (Å²) in [7, 11) is 4.72. The van der Waals surface area contributed by atoms with Crippen LogP contribution in [0.15, 0.2) is 61.9 Å². The molecule has 1 atom stereocenters. The zero-order chi connectivity index (χ0) is 28.2. The molecule has 0 fully saturated rings. The number of halogens is 1. The monoisotopic (exact) mass is 611 g/mol. The van der Waals surface area contributed by atoms with Crippen LogP contribution in [-0.2, 0) is 14.3 Å². The quantitative estimate of drug-likeness (QED) is 0.410. The standard InChI is InChI=1S/C28H26BrN3O6S/c1-13(2)38-27(35)21-14(3)30-28-32(23(21)18-12-16(36-5)8-10-20(18)37-6)26(34)24(39-28)22-17-11-15(29)7-9-19(17)31(4)25(22)33/h7-13,23H,1-6H3/b24-22+/t23-/m0/s1. The van der Waals surface area contributed by atoms with Crippen molar-refractivity contribution in [1.82, 2.24) is 4.57 Å². The number of anilines is 1. The van der Waals surface area contributed by atoms with Crippen LogP contribution in [0.3, 0.4) is 0 Å². The first-order valence-corrected chi connectivity index (χ1v) is 13.7. The number of benzene rings is 2. The van der Waals surface area contributed by atoms with Crippen LogP contribution in [0.25, 0.3) is 5.57 Å². The Bertz CT molecular complexity index is 1750. The minimum atomic E-state index is -0.928. The van der Waals surface area contributed by atoms with Crippen LogP contribution in [0.5, 0.6) is 11.5 Å². The molecule has 0 N–H and O–H groups in total. The number of ether oxygens (including phenoxy) is 3. The highest BCUT2D eigenvalue weighted by Gasteiger charge is 2.38. The second-order valence-electron chi connectivity index (χ2n) is 9.36. The first-order valence-electron chi connectivity index (χ1n) is 12.1. The van der Waals surface area contributed by atoms with Crippen molar-refractivity contribution < 1.29 is 23.8 Å². The number of hydrogen-bond acceptors (Lipinski definition) is 8. The maximum Gasteiger partial charge on any atom is 0.338 e. The van der Waals surface area contributed by atoms with Crippen LogP contribution in [-0.4, -0.2) is 43.8 Å². The minimum absolute atomic E-state index is 0.206. The van der Waals surface area contributed by atoms with Crippen LogP contribution in [0, 0.1) is 0 Å². The van der Waals surface area contributed by atoms with E-state index in [2.05, 4.69) is 20.9 Å². The highest BCUT2D eigenvalue weighted by atomic mass is 79.9. The maximum absolute atomic E-state index is 14.2. The van der Waals surface area contributed by atoms with Gasteiger partial charge in [-0.3, -0.25) is 14.2 Å². The Morgan fingerprint density at radius 2 is 1.85 bits per heavy atom. The molecule has 0 saturated heterocycles. The molecule has 0 saturated carbocycles. The predicted molar refractivity (Wildman–Crippen MR) is 151 cm³/mol. The van der Waals surface area contributed by atoms with E-state index in [4.69, 9.17) is 14.2 Å². The Morgan fingerprint density at radius 3 is 2.51 bits per heavy atom. The number of aromatic nitrogens is 1. The molecule has 9 nitrogen and oxygen atoms in total. The number of rotatable bonds is 5. The molecule has 2 aliphatic heterocycles. The van der Waals surface area contributed by atoms with Gasteiger partial charge in [0.05, 0.1) is 42.9 Å². The highest BCUT2D eigenvalue weighted by molar-refractivity contribution is 9.10. The fourth-order valence-corrected chi connectivity index (χ4v) is 6.37. The van der Waals surface area contributed by atoms with Gasteiger partial charge in [-0.2, -0.15) is 0 Å². The first-order chi connectivity index (χ1) is 18.6. The van der Waals surface area contributed by atoms with Gasteiger partial charge >= 0.3 is 5.97 Å². The SMILES string of the molecule is COc1ccc(OC)c([C@H]2C(C(=O)OC(C)C)=C(C)N=c3s/c(=C4/C(=O)N(C)c5ccc(Br)cc54)c(=O)n32)c1. The second kappa shape index (κ2) is 10.1. The number of hydrogen-bond donors (Lipinski definition) is 0. The average molecular weight is 613 g/mol. The van der Waals surface area contributed by atoms with Gasteiger partial charge in [-0.05, 0) is 57.2 Å². The topological polar surface area (TPSA) is 99.4 Å². The van der Waals surface area contributed by atoms with Gasteiger partial charge in [-0.1, -0.05) is 27.3 Å². The van der Waals surface area contributed by atoms with Crippen molar-refractivity contribution in [3.05, 3.63) is 83.0 Å². The van der Waals surface area contributed by atoms with E-state index in [9.17, 15) is 14.4 Å². The Hall–Kier alpha value is -3.70. The lowest BCUT2D eigenvalue weighted by atomic mass is 9.94.